The van der Waals surface area contributed by atoms with E-state index in [4.69, 9.17) is 0 Å². The number of carbonyl (C=O) groups is 2. The average Bonchev–Trinajstić information content (AvgIpc) is 2.35. The van der Waals surface area contributed by atoms with Gasteiger partial charge >= 0.3 is 11.9 Å². The number of methoxy groups -OCH3 is 2. The summed E-state index contributed by atoms with van der Waals surface area (Å²) in [5, 5.41) is 0. The highest BCUT2D eigenvalue weighted by Crippen LogP contribution is 2.46. The summed E-state index contributed by atoms with van der Waals surface area (Å²) in [5.74, 6) is 0.305. The SMILES string of the molecule is COC(=O)C(CC1(C)SCCCS1)C(=O)OC. The topological polar surface area (TPSA) is 52.6 Å². The van der Waals surface area contributed by atoms with Crippen molar-refractivity contribution in [2.45, 2.75) is 23.8 Å². The second-order valence-electron chi connectivity index (χ2n) is 3.99. The Bertz CT molecular complexity index is 271. The maximum atomic E-state index is 11.6. The van der Waals surface area contributed by atoms with E-state index in [-0.39, 0.29) is 4.08 Å². The average molecular weight is 278 g/mol. The lowest BCUT2D eigenvalue weighted by Gasteiger charge is -2.33. The van der Waals surface area contributed by atoms with Gasteiger partial charge in [0.2, 0.25) is 0 Å². The molecular formula is C11H18O4S2. The van der Waals surface area contributed by atoms with Crippen LogP contribution in [0.4, 0.5) is 0 Å². The van der Waals surface area contributed by atoms with E-state index in [1.54, 1.807) is 23.5 Å². The van der Waals surface area contributed by atoms with Crippen molar-refractivity contribution in [1.82, 2.24) is 0 Å². The maximum absolute atomic E-state index is 11.6. The van der Waals surface area contributed by atoms with Gasteiger partial charge in [0, 0.05) is 0 Å². The van der Waals surface area contributed by atoms with Gasteiger partial charge in [-0.1, -0.05) is 0 Å². The summed E-state index contributed by atoms with van der Waals surface area (Å²) in [4.78, 5) is 23.2. The Hall–Kier alpha value is -0.360. The van der Waals surface area contributed by atoms with Crippen LogP contribution >= 0.6 is 23.5 Å². The van der Waals surface area contributed by atoms with Gasteiger partial charge in [-0.15, -0.1) is 23.5 Å². The van der Waals surface area contributed by atoms with Crippen molar-refractivity contribution >= 4 is 35.5 Å². The van der Waals surface area contributed by atoms with E-state index in [0.29, 0.717) is 6.42 Å². The van der Waals surface area contributed by atoms with E-state index >= 15 is 0 Å². The number of hydrogen-bond acceptors (Lipinski definition) is 6. The van der Waals surface area contributed by atoms with E-state index in [2.05, 4.69) is 16.4 Å². The summed E-state index contributed by atoms with van der Waals surface area (Å²) in [7, 11) is 2.59. The molecule has 0 saturated carbocycles. The predicted octanol–water partition coefficient (Wildman–Crippen LogP) is 1.93. The van der Waals surface area contributed by atoms with Gasteiger partial charge in [0.15, 0.2) is 5.92 Å². The van der Waals surface area contributed by atoms with Gasteiger partial charge in [-0.3, -0.25) is 9.59 Å². The van der Waals surface area contributed by atoms with Crippen LogP contribution in [0, 0.1) is 5.92 Å². The number of thioether (sulfide) groups is 2. The largest absolute Gasteiger partial charge is 0.468 e. The first kappa shape index (κ1) is 14.7. The van der Waals surface area contributed by atoms with Crippen molar-refractivity contribution in [2.75, 3.05) is 25.7 Å². The van der Waals surface area contributed by atoms with Crippen molar-refractivity contribution in [3.8, 4) is 0 Å². The summed E-state index contributed by atoms with van der Waals surface area (Å²) in [6, 6.07) is 0. The number of rotatable bonds is 4. The summed E-state index contributed by atoms with van der Waals surface area (Å²) in [5.41, 5.74) is 0. The predicted molar refractivity (Wildman–Crippen MR) is 70.1 cm³/mol. The summed E-state index contributed by atoms with van der Waals surface area (Å²) >= 11 is 3.59. The maximum Gasteiger partial charge on any atom is 0.320 e. The molecule has 1 rings (SSSR count). The van der Waals surface area contributed by atoms with Gasteiger partial charge < -0.3 is 9.47 Å². The summed E-state index contributed by atoms with van der Waals surface area (Å²) in [6.07, 6.45) is 1.63. The molecule has 0 aliphatic carbocycles. The van der Waals surface area contributed by atoms with Crippen LogP contribution in [0.15, 0.2) is 0 Å². The second kappa shape index (κ2) is 6.54. The lowest BCUT2D eigenvalue weighted by Crippen LogP contribution is -2.34. The first-order valence-electron chi connectivity index (χ1n) is 5.46. The summed E-state index contributed by atoms with van der Waals surface area (Å²) < 4.78 is 9.22. The third-order valence-electron chi connectivity index (χ3n) is 2.65. The zero-order valence-corrected chi connectivity index (χ0v) is 12.0. The van der Waals surface area contributed by atoms with E-state index in [0.717, 1.165) is 11.5 Å². The fourth-order valence-electron chi connectivity index (χ4n) is 1.71. The minimum atomic E-state index is -0.812. The molecule has 0 atom stereocenters. The van der Waals surface area contributed by atoms with Crippen LogP contribution in [0.3, 0.4) is 0 Å². The molecule has 1 fully saturated rings. The van der Waals surface area contributed by atoms with E-state index < -0.39 is 17.9 Å². The first-order chi connectivity index (χ1) is 8.02. The van der Waals surface area contributed by atoms with Gasteiger partial charge in [0.05, 0.1) is 18.3 Å². The normalized spacial score (nSPS) is 18.8. The number of carbonyl (C=O) groups excluding carboxylic acids is 2. The highest BCUT2D eigenvalue weighted by atomic mass is 32.2. The van der Waals surface area contributed by atoms with Crippen LogP contribution < -0.4 is 0 Å². The molecule has 1 aliphatic rings. The Morgan fingerprint density at radius 3 is 2.06 bits per heavy atom. The molecule has 4 nitrogen and oxygen atoms in total. The number of hydrogen-bond donors (Lipinski definition) is 0. The molecule has 0 bridgehead atoms. The lowest BCUT2D eigenvalue weighted by molar-refractivity contribution is -0.159. The Labute approximate surface area is 110 Å². The van der Waals surface area contributed by atoms with Crippen LogP contribution in [0.25, 0.3) is 0 Å². The van der Waals surface area contributed by atoms with E-state index in [1.165, 1.54) is 20.6 Å². The number of esters is 2. The van der Waals surface area contributed by atoms with Crippen molar-refractivity contribution < 1.29 is 19.1 Å². The molecule has 0 aromatic rings. The molecule has 98 valence electrons. The molecule has 0 aromatic heterocycles. The molecule has 0 N–H and O–H groups in total. The molecule has 0 unspecified atom stereocenters. The smallest absolute Gasteiger partial charge is 0.320 e. The summed E-state index contributed by atoms with van der Waals surface area (Å²) in [6.45, 7) is 2.07. The molecule has 6 heteroatoms. The van der Waals surface area contributed by atoms with Crippen LogP contribution in [-0.2, 0) is 19.1 Å². The molecule has 0 amide bonds. The highest BCUT2D eigenvalue weighted by Gasteiger charge is 2.39. The minimum absolute atomic E-state index is 0.106. The van der Waals surface area contributed by atoms with Crippen molar-refractivity contribution in [1.29, 1.82) is 0 Å². The van der Waals surface area contributed by atoms with Gasteiger partial charge in [-0.05, 0) is 31.3 Å². The third-order valence-corrected chi connectivity index (χ3v) is 5.90. The molecule has 0 aromatic carbocycles. The highest BCUT2D eigenvalue weighted by molar-refractivity contribution is 8.18. The van der Waals surface area contributed by atoms with E-state index in [9.17, 15) is 9.59 Å². The second-order valence-corrected chi connectivity index (χ2v) is 7.44. The van der Waals surface area contributed by atoms with Crippen LogP contribution in [-0.4, -0.2) is 41.7 Å². The molecule has 1 heterocycles. The van der Waals surface area contributed by atoms with Crippen molar-refractivity contribution in [2.24, 2.45) is 5.92 Å². The van der Waals surface area contributed by atoms with Gasteiger partial charge in [0.1, 0.15) is 0 Å². The fourth-order valence-corrected chi connectivity index (χ4v) is 4.74. The minimum Gasteiger partial charge on any atom is -0.468 e. The van der Waals surface area contributed by atoms with Crippen LogP contribution in [0.1, 0.15) is 19.8 Å². The fraction of sp³-hybridized carbons (Fsp3) is 0.818. The number of ether oxygens (including phenoxy) is 2. The molecule has 0 radical (unpaired) electrons. The van der Waals surface area contributed by atoms with Gasteiger partial charge in [-0.2, -0.15) is 0 Å². The Morgan fingerprint density at radius 2 is 1.65 bits per heavy atom. The third kappa shape index (κ3) is 4.10. The molecule has 1 saturated heterocycles. The molecule has 1 aliphatic heterocycles. The Kier molecular flexibility index (Phi) is 5.66. The zero-order chi connectivity index (χ0) is 12.9. The van der Waals surface area contributed by atoms with Crippen molar-refractivity contribution in [3.05, 3.63) is 0 Å². The van der Waals surface area contributed by atoms with E-state index in [1.807, 2.05) is 0 Å². The first-order valence-corrected chi connectivity index (χ1v) is 7.43. The van der Waals surface area contributed by atoms with Crippen LogP contribution in [0.2, 0.25) is 0 Å². The van der Waals surface area contributed by atoms with Crippen molar-refractivity contribution in [3.63, 3.8) is 0 Å². The van der Waals surface area contributed by atoms with Gasteiger partial charge in [-0.25, -0.2) is 0 Å². The zero-order valence-electron chi connectivity index (χ0n) is 10.4. The quantitative estimate of drug-likeness (QED) is 0.578. The monoisotopic (exact) mass is 278 g/mol. The standard InChI is InChI=1S/C11H18O4S2/c1-11(16-5-4-6-17-11)7-8(9(12)14-2)10(13)15-3/h8H,4-7H2,1-3H3. The Balaban J connectivity index is 2.70. The molecular weight excluding hydrogens is 260 g/mol. The van der Waals surface area contributed by atoms with Crippen LogP contribution in [0.5, 0.6) is 0 Å². The molecule has 0 spiro atoms. The lowest BCUT2D eigenvalue weighted by atomic mass is 10.0. The molecule has 17 heavy (non-hydrogen) atoms. The van der Waals surface area contributed by atoms with Gasteiger partial charge in [0.25, 0.3) is 0 Å². The Morgan fingerprint density at radius 1 is 1.18 bits per heavy atom.